The van der Waals surface area contributed by atoms with E-state index in [9.17, 15) is 9.59 Å². The first-order chi connectivity index (χ1) is 10.1. The predicted octanol–water partition coefficient (Wildman–Crippen LogP) is 0.141. The third-order valence-corrected chi connectivity index (χ3v) is 3.94. The Morgan fingerprint density at radius 3 is 2.48 bits per heavy atom. The van der Waals surface area contributed by atoms with Gasteiger partial charge in [0.25, 0.3) is 5.56 Å². The van der Waals surface area contributed by atoms with Crippen LogP contribution >= 0.6 is 0 Å². The van der Waals surface area contributed by atoms with Gasteiger partial charge >= 0.3 is 5.69 Å². The number of anilines is 1. The summed E-state index contributed by atoms with van der Waals surface area (Å²) < 4.78 is 6.35. The van der Waals surface area contributed by atoms with Crippen LogP contribution in [0.1, 0.15) is 31.2 Å². The van der Waals surface area contributed by atoms with Crippen molar-refractivity contribution in [1.29, 1.82) is 0 Å². The molecule has 2 heterocycles. The lowest BCUT2D eigenvalue weighted by Crippen LogP contribution is -2.38. The van der Waals surface area contributed by atoms with Crippen LogP contribution in [0, 0.1) is 0 Å². The molecule has 7 nitrogen and oxygen atoms in total. The Morgan fingerprint density at radius 2 is 1.86 bits per heavy atom. The van der Waals surface area contributed by atoms with Crippen molar-refractivity contribution in [2.75, 3.05) is 32.5 Å². The summed E-state index contributed by atoms with van der Waals surface area (Å²) in [6.07, 6.45) is 4.74. The van der Waals surface area contributed by atoms with Gasteiger partial charge in [0.05, 0.1) is 18.7 Å². The monoisotopic (exact) mass is 296 g/mol. The Morgan fingerprint density at radius 1 is 1.19 bits per heavy atom. The number of nitrogen functional groups attached to an aromatic ring is 1. The maximum absolute atomic E-state index is 12.0. The quantitative estimate of drug-likeness (QED) is 0.806. The summed E-state index contributed by atoms with van der Waals surface area (Å²) in [6.45, 7) is 3.14. The second kappa shape index (κ2) is 7.42. The van der Waals surface area contributed by atoms with E-state index in [0.29, 0.717) is 25.3 Å². The van der Waals surface area contributed by atoms with Gasteiger partial charge < -0.3 is 10.5 Å². The second-order valence-corrected chi connectivity index (χ2v) is 5.46. The molecule has 1 aliphatic rings. The highest BCUT2D eigenvalue weighted by Gasteiger charge is 2.16. The zero-order chi connectivity index (χ0) is 15.2. The van der Waals surface area contributed by atoms with E-state index in [4.69, 9.17) is 10.5 Å². The molecule has 0 amide bonds. The normalized spacial score (nSPS) is 16.8. The average Bonchev–Trinajstić information content (AvgIpc) is 2.72. The topological polar surface area (TPSA) is 93.3 Å². The van der Waals surface area contributed by atoms with Crippen LogP contribution in [0.5, 0.6) is 0 Å². The molecule has 21 heavy (non-hydrogen) atoms. The SMILES string of the molecule is COCCn1c(N)c(CN2CCCCCC2)c(=O)[nH]c1=O. The molecule has 1 fully saturated rings. The Hall–Kier alpha value is -1.60. The largest absolute Gasteiger partial charge is 0.385 e. The molecular weight excluding hydrogens is 272 g/mol. The highest BCUT2D eigenvalue weighted by Crippen LogP contribution is 2.14. The van der Waals surface area contributed by atoms with E-state index in [1.807, 2.05) is 0 Å². The number of methoxy groups -OCH3 is 1. The molecule has 0 saturated carbocycles. The third-order valence-electron chi connectivity index (χ3n) is 3.94. The van der Waals surface area contributed by atoms with Crippen molar-refractivity contribution in [3.63, 3.8) is 0 Å². The lowest BCUT2D eigenvalue weighted by molar-refractivity contribution is 0.186. The van der Waals surface area contributed by atoms with Gasteiger partial charge in [0, 0.05) is 13.7 Å². The Balaban J connectivity index is 2.25. The molecule has 3 N–H and O–H groups in total. The number of hydrogen-bond donors (Lipinski definition) is 2. The molecule has 0 radical (unpaired) electrons. The summed E-state index contributed by atoms with van der Waals surface area (Å²) in [7, 11) is 1.56. The standard InChI is InChI=1S/C14H24N4O3/c1-21-9-8-18-12(15)11(13(19)16-14(18)20)10-17-6-4-2-3-5-7-17/h2-10,15H2,1H3,(H,16,19,20). The predicted molar refractivity (Wildman–Crippen MR) is 81.4 cm³/mol. The summed E-state index contributed by atoms with van der Waals surface area (Å²) in [4.78, 5) is 28.5. The van der Waals surface area contributed by atoms with Crippen LogP contribution in [-0.2, 0) is 17.8 Å². The molecule has 118 valence electrons. The van der Waals surface area contributed by atoms with Gasteiger partial charge in [-0.1, -0.05) is 12.8 Å². The van der Waals surface area contributed by atoms with E-state index >= 15 is 0 Å². The number of nitrogens with two attached hydrogens (primary N) is 1. The van der Waals surface area contributed by atoms with Crippen molar-refractivity contribution < 1.29 is 4.74 Å². The van der Waals surface area contributed by atoms with Crippen molar-refractivity contribution in [2.45, 2.75) is 38.8 Å². The number of rotatable bonds is 5. The van der Waals surface area contributed by atoms with Crippen LogP contribution in [0.4, 0.5) is 5.82 Å². The molecular formula is C14H24N4O3. The van der Waals surface area contributed by atoms with Gasteiger partial charge in [0.2, 0.25) is 0 Å². The van der Waals surface area contributed by atoms with Crippen molar-refractivity contribution in [1.82, 2.24) is 14.5 Å². The Bertz CT molecular complexity index is 571. The minimum absolute atomic E-state index is 0.255. The maximum Gasteiger partial charge on any atom is 0.329 e. The highest BCUT2D eigenvalue weighted by atomic mass is 16.5. The van der Waals surface area contributed by atoms with Crippen molar-refractivity contribution in [3.8, 4) is 0 Å². The fourth-order valence-corrected chi connectivity index (χ4v) is 2.70. The maximum atomic E-state index is 12.0. The summed E-state index contributed by atoms with van der Waals surface area (Å²) in [5, 5.41) is 0. The van der Waals surface area contributed by atoms with Gasteiger partial charge in [-0.25, -0.2) is 4.79 Å². The Labute approximate surface area is 123 Å². The van der Waals surface area contributed by atoms with Crippen LogP contribution in [0.25, 0.3) is 0 Å². The first-order valence-corrected chi connectivity index (χ1v) is 7.46. The average molecular weight is 296 g/mol. The lowest BCUT2D eigenvalue weighted by Gasteiger charge is -2.21. The van der Waals surface area contributed by atoms with Gasteiger partial charge in [-0.3, -0.25) is 19.2 Å². The van der Waals surface area contributed by atoms with Crippen LogP contribution < -0.4 is 17.0 Å². The number of nitrogens with zero attached hydrogens (tertiary/aromatic N) is 2. The Kier molecular flexibility index (Phi) is 5.58. The lowest BCUT2D eigenvalue weighted by atomic mass is 10.2. The molecule has 1 aromatic heterocycles. The van der Waals surface area contributed by atoms with E-state index in [-0.39, 0.29) is 11.4 Å². The van der Waals surface area contributed by atoms with E-state index < -0.39 is 5.69 Å². The van der Waals surface area contributed by atoms with Crippen LogP contribution in [-0.4, -0.2) is 41.3 Å². The second-order valence-electron chi connectivity index (χ2n) is 5.46. The van der Waals surface area contributed by atoms with Crippen LogP contribution in [0.2, 0.25) is 0 Å². The molecule has 0 bridgehead atoms. The number of aromatic nitrogens is 2. The summed E-state index contributed by atoms with van der Waals surface area (Å²) in [6, 6.07) is 0. The molecule has 1 saturated heterocycles. The fraction of sp³-hybridized carbons (Fsp3) is 0.714. The fourth-order valence-electron chi connectivity index (χ4n) is 2.70. The highest BCUT2D eigenvalue weighted by molar-refractivity contribution is 5.38. The van der Waals surface area contributed by atoms with E-state index in [2.05, 4.69) is 9.88 Å². The number of ether oxygens (including phenoxy) is 1. The first-order valence-electron chi connectivity index (χ1n) is 7.46. The number of nitrogens with one attached hydrogen (secondary N) is 1. The zero-order valence-corrected chi connectivity index (χ0v) is 12.6. The summed E-state index contributed by atoms with van der Waals surface area (Å²) in [5.41, 5.74) is 5.67. The van der Waals surface area contributed by atoms with Crippen LogP contribution in [0.15, 0.2) is 9.59 Å². The molecule has 0 aliphatic carbocycles. The smallest absolute Gasteiger partial charge is 0.329 e. The molecule has 7 heteroatoms. The minimum Gasteiger partial charge on any atom is -0.385 e. The van der Waals surface area contributed by atoms with E-state index in [1.54, 1.807) is 7.11 Å². The molecule has 0 atom stereocenters. The summed E-state index contributed by atoms with van der Waals surface area (Å²) >= 11 is 0. The van der Waals surface area contributed by atoms with Gasteiger partial charge in [0.1, 0.15) is 5.82 Å². The van der Waals surface area contributed by atoms with Crippen molar-refractivity contribution in [3.05, 3.63) is 26.4 Å². The van der Waals surface area contributed by atoms with Gasteiger partial charge in [-0.05, 0) is 25.9 Å². The van der Waals surface area contributed by atoms with E-state index in [1.165, 1.54) is 17.4 Å². The van der Waals surface area contributed by atoms with E-state index in [0.717, 1.165) is 25.9 Å². The third kappa shape index (κ3) is 3.95. The molecule has 1 aromatic rings. The first kappa shape index (κ1) is 15.8. The number of hydrogen-bond acceptors (Lipinski definition) is 5. The number of aromatic amines is 1. The van der Waals surface area contributed by atoms with Gasteiger partial charge in [0.15, 0.2) is 0 Å². The molecule has 0 spiro atoms. The minimum atomic E-state index is -0.478. The molecule has 0 aromatic carbocycles. The van der Waals surface area contributed by atoms with Gasteiger partial charge in [-0.2, -0.15) is 0 Å². The zero-order valence-electron chi connectivity index (χ0n) is 12.6. The number of H-pyrrole nitrogens is 1. The molecule has 1 aliphatic heterocycles. The number of likely N-dealkylation sites (tertiary alicyclic amines) is 1. The van der Waals surface area contributed by atoms with Crippen molar-refractivity contribution >= 4 is 5.82 Å². The van der Waals surface area contributed by atoms with Crippen molar-refractivity contribution in [2.24, 2.45) is 0 Å². The van der Waals surface area contributed by atoms with Gasteiger partial charge in [-0.15, -0.1) is 0 Å². The molecule has 2 rings (SSSR count). The summed E-state index contributed by atoms with van der Waals surface area (Å²) in [5.74, 6) is 0.255. The molecule has 0 unspecified atom stereocenters. The van der Waals surface area contributed by atoms with Crippen LogP contribution in [0.3, 0.4) is 0 Å².